The van der Waals surface area contributed by atoms with Crippen molar-refractivity contribution in [1.29, 1.82) is 0 Å². The molecule has 0 aliphatic carbocycles. The van der Waals surface area contributed by atoms with Gasteiger partial charge in [-0.2, -0.15) is 9.78 Å². The molecular formula is C27H22Br5N3O3. The van der Waals surface area contributed by atoms with Crippen LogP contribution in [-0.4, -0.2) is 22.5 Å². The van der Waals surface area contributed by atoms with E-state index in [0.29, 0.717) is 55.9 Å². The fraction of sp³-hybridized carbons (Fsp3) is 0.222. The molecule has 0 N–H and O–H groups in total. The Morgan fingerprint density at radius 1 is 0.974 bits per heavy atom. The van der Waals surface area contributed by atoms with Gasteiger partial charge >= 0.3 is 0 Å². The molecule has 38 heavy (non-hydrogen) atoms. The van der Waals surface area contributed by atoms with Crippen molar-refractivity contribution in [2.45, 2.75) is 33.3 Å². The van der Waals surface area contributed by atoms with Gasteiger partial charge < -0.3 is 9.47 Å². The van der Waals surface area contributed by atoms with Crippen LogP contribution in [0, 0.1) is 0 Å². The Bertz CT molecular complexity index is 1600. The first-order valence-electron chi connectivity index (χ1n) is 11.6. The molecule has 0 atom stereocenters. The zero-order valence-corrected chi connectivity index (χ0v) is 28.5. The van der Waals surface area contributed by atoms with Crippen molar-refractivity contribution in [3.63, 3.8) is 0 Å². The van der Waals surface area contributed by atoms with Gasteiger partial charge in [-0.3, -0.25) is 4.79 Å². The monoisotopic (exact) mass is 831 g/mol. The van der Waals surface area contributed by atoms with Crippen molar-refractivity contribution in [1.82, 2.24) is 9.66 Å². The van der Waals surface area contributed by atoms with Crippen LogP contribution < -0.4 is 15.0 Å². The largest absolute Gasteiger partial charge is 0.490 e. The summed E-state index contributed by atoms with van der Waals surface area (Å²) in [7, 11) is 0. The highest BCUT2D eigenvalue weighted by atomic mass is 79.9. The Labute approximate surface area is 262 Å². The highest BCUT2D eigenvalue weighted by Gasteiger charge is 2.19. The maximum Gasteiger partial charge on any atom is 0.282 e. The second-order valence-corrected chi connectivity index (χ2v) is 12.8. The quantitative estimate of drug-likeness (QED) is 0.166. The number of hydrogen-bond acceptors (Lipinski definition) is 5. The molecule has 0 spiro atoms. The van der Waals surface area contributed by atoms with Crippen molar-refractivity contribution in [2.24, 2.45) is 5.10 Å². The molecule has 1 heterocycles. The number of benzene rings is 3. The van der Waals surface area contributed by atoms with Crippen molar-refractivity contribution >= 4 is 96.8 Å². The number of nitrogens with zero attached hydrogens (tertiary/aromatic N) is 3. The van der Waals surface area contributed by atoms with Gasteiger partial charge in [0, 0.05) is 34.9 Å². The van der Waals surface area contributed by atoms with Crippen LogP contribution in [0.25, 0.3) is 10.9 Å². The van der Waals surface area contributed by atoms with E-state index in [9.17, 15) is 4.79 Å². The smallest absolute Gasteiger partial charge is 0.282 e. The molecule has 6 nitrogen and oxygen atoms in total. The fourth-order valence-electron chi connectivity index (χ4n) is 3.66. The van der Waals surface area contributed by atoms with E-state index < -0.39 is 0 Å². The molecule has 0 radical (unpaired) electrons. The predicted octanol–water partition coefficient (Wildman–Crippen LogP) is 9.19. The third-order valence-corrected chi connectivity index (χ3v) is 9.37. The Morgan fingerprint density at radius 2 is 1.68 bits per heavy atom. The first kappa shape index (κ1) is 29.5. The SMILES string of the molecule is CCOc1cc(C=Nn2c(C(C)C)nc3ccc(Br)cc3c2=O)c(Br)c(Br)c1OCc1ccc(Br)cc1Br. The highest BCUT2D eigenvalue weighted by Crippen LogP contribution is 2.43. The van der Waals surface area contributed by atoms with Crippen molar-refractivity contribution in [2.75, 3.05) is 6.61 Å². The second kappa shape index (κ2) is 12.8. The van der Waals surface area contributed by atoms with Crippen molar-refractivity contribution in [3.05, 3.63) is 92.1 Å². The number of halogens is 5. The summed E-state index contributed by atoms with van der Waals surface area (Å²) in [5.74, 6) is 1.66. The van der Waals surface area contributed by atoms with E-state index in [1.807, 2.05) is 57.2 Å². The summed E-state index contributed by atoms with van der Waals surface area (Å²) in [5.41, 5.74) is 2.08. The van der Waals surface area contributed by atoms with Crippen LogP contribution >= 0.6 is 79.6 Å². The van der Waals surface area contributed by atoms with E-state index >= 15 is 0 Å². The average molecular weight is 836 g/mol. The van der Waals surface area contributed by atoms with Gasteiger partial charge in [0.05, 0.1) is 28.2 Å². The number of hydrogen-bond donors (Lipinski definition) is 0. The lowest BCUT2D eigenvalue weighted by molar-refractivity contribution is 0.267. The van der Waals surface area contributed by atoms with Crippen molar-refractivity contribution < 1.29 is 9.47 Å². The first-order valence-corrected chi connectivity index (χ1v) is 15.5. The minimum Gasteiger partial charge on any atom is -0.490 e. The van der Waals surface area contributed by atoms with Crippen LogP contribution in [0.4, 0.5) is 0 Å². The van der Waals surface area contributed by atoms with Gasteiger partial charge in [0.1, 0.15) is 12.4 Å². The lowest BCUT2D eigenvalue weighted by Gasteiger charge is -2.17. The number of aromatic nitrogens is 2. The molecule has 0 aliphatic heterocycles. The summed E-state index contributed by atoms with van der Waals surface area (Å²) < 4.78 is 17.6. The fourth-order valence-corrected chi connectivity index (χ4v) is 6.11. The predicted molar refractivity (Wildman–Crippen MR) is 170 cm³/mol. The maximum atomic E-state index is 13.4. The zero-order valence-electron chi connectivity index (χ0n) is 20.6. The third kappa shape index (κ3) is 6.43. The topological polar surface area (TPSA) is 65.7 Å². The molecule has 11 heteroatoms. The van der Waals surface area contributed by atoms with E-state index in [4.69, 9.17) is 14.5 Å². The maximum absolute atomic E-state index is 13.4. The van der Waals surface area contributed by atoms with Crippen LogP contribution in [0.1, 0.15) is 43.6 Å². The van der Waals surface area contributed by atoms with Crippen LogP contribution in [0.3, 0.4) is 0 Å². The Balaban J connectivity index is 1.75. The highest BCUT2D eigenvalue weighted by molar-refractivity contribution is 9.13. The summed E-state index contributed by atoms with van der Waals surface area (Å²) in [4.78, 5) is 18.1. The molecule has 0 amide bonds. The van der Waals surface area contributed by atoms with Crippen LogP contribution in [0.5, 0.6) is 11.5 Å². The van der Waals surface area contributed by atoms with E-state index in [2.05, 4.69) is 84.8 Å². The van der Waals surface area contributed by atoms with Crippen LogP contribution in [0.2, 0.25) is 0 Å². The van der Waals surface area contributed by atoms with E-state index in [1.54, 1.807) is 12.3 Å². The standard InChI is InChI=1S/C27H22Br5N3O3/c1-4-37-22-9-16(23(31)24(32)25(22)38-13-15-5-6-18(29)11-20(15)30)12-33-35-26(14(2)3)34-21-8-7-17(28)10-19(21)27(35)36/h5-12,14H,4,13H2,1-3H3. The summed E-state index contributed by atoms with van der Waals surface area (Å²) in [5, 5.41) is 5.05. The van der Waals surface area contributed by atoms with Gasteiger partial charge in [-0.1, -0.05) is 67.7 Å². The third-order valence-electron chi connectivity index (χ3n) is 5.50. The van der Waals surface area contributed by atoms with Gasteiger partial charge in [0.2, 0.25) is 0 Å². The van der Waals surface area contributed by atoms with E-state index in [0.717, 1.165) is 19.0 Å². The summed E-state index contributed by atoms with van der Waals surface area (Å²) in [6.45, 7) is 6.65. The molecular weight excluding hydrogens is 814 g/mol. The molecule has 4 rings (SSSR count). The number of fused-ring (bicyclic) bond motifs is 1. The number of ether oxygens (including phenoxy) is 2. The van der Waals surface area contributed by atoms with Gasteiger partial charge in [-0.25, -0.2) is 4.98 Å². The Morgan fingerprint density at radius 3 is 2.37 bits per heavy atom. The summed E-state index contributed by atoms with van der Waals surface area (Å²) >= 11 is 17.8. The molecule has 0 fully saturated rings. The summed E-state index contributed by atoms with van der Waals surface area (Å²) in [6.07, 6.45) is 1.62. The normalized spacial score (nSPS) is 11.6. The second-order valence-electron chi connectivity index (χ2n) is 8.53. The lowest BCUT2D eigenvalue weighted by atomic mass is 10.2. The molecule has 1 aromatic heterocycles. The molecule has 0 aliphatic rings. The van der Waals surface area contributed by atoms with Gasteiger partial charge in [0.15, 0.2) is 11.5 Å². The zero-order chi connectivity index (χ0) is 27.6. The Hall–Kier alpha value is -1.53. The van der Waals surface area contributed by atoms with E-state index in [1.165, 1.54) is 4.68 Å². The molecule has 0 bridgehead atoms. The van der Waals surface area contributed by atoms with Gasteiger partial charge in [-0.15, -0.1) is 0 Å². The number of rotatable bonds is 8. The van der Waals surface area contributed by atoms with Crippen LogP contribution in [-0.2, 0) is 6.61 Å². The Kier molecular flexibility index (Phi) is 9.89. The lowest BCUT2D eigenvalue weighted by Crippen LogP contribution is -2.23. The molecule has 0 saturated carbocycles. The average Bonchev–Trinajstić information content (AvgIpc) is 2.87. The minimum absolute atomic E-state index is 0.0178. The summed E-state index contributed by atoms with van der Waals surface area (Å²) in [6, 6.07) is 13.2. The first-order chi connectivity index (χ1) is 18.1. The molecule has 3 aromatic carbocycles. The van der Waals surface area contributed by atoms with Crippen LogP contribution in [0.15, 0.2) is 74.7 Å². The van der Waals surface area contributed by atoms with E-state index in [-0.39, 0.29) is 11.5 Å². The molecule has 198 valence electrons. The van der Waals surface area contributed by atoms with Gasteiger partial charge in [-0.05, 0) is 75.2 Å². The van der Waals surface area contributed by atoms with Gasteiger partial charge in [0.25, 0.3) is 5.56 Å². The van der Waals surface area contributed by atoms with Crippen molar-refractivity contribution in [3.8, 4) is 11.5 Å². The molecule has 4 aromatic rings. The molecule has 0 unspecified atom stereocenters. The molecule has 0 saturated heterocycles. The minimum atomic E-state index is -0.239.